The quantitative estimate of drug-likeness (QED) is 0.903. The van der Waals surface area contributed by atoms with Crippen LogP contribution in [-0.2, 0) is 4.79 Å². The number of carbonyl (C=O) groups excluding carboxylic acids is 1. The third kappa shape index (κ3) is 3.35. The molecule has 2 rings (SSSR count). The van der Waals surface area contributed by atoms with E-state index < -0.39 is 12.0 Å². The Balaban J connectivity index is 2.11. The van der Waals surface area contributed by atoms with Crippen molar-refractivity contribution in [3.8, 4) is 0 Å². The average molecular weight is 290 g/mol. The third-order valence-corrected chi connectivity index (χ3v) is 3.91. The zero-order chi connectivity index (χ0) is 15.4. The summed E-state index contributed by atoms with van der Waals surface area (Å²) < 4.78 is 0. The number of hydrogen-bond donors (Lipinski definition) is 1. The maximum Gasteiger partial charge on any atom is 0.326 e. The molecule has 1 heterocycles. The zero-order valence-electron chi connectivity index (χ0n) is 12.6. The molecule has 1 saturated heterocycles. The molecule has 5 heteroatoms. The third-order valence-electron chi connectivity index (χ3n) is 3.91. The first-order valence-electron chi connectivity index (χ1n) is 7.39. The molecule has 1 N–H and O–H groups in total. The van der Waals surface area contributed by atoms with E-state index in [0.29, 0.717) is 18.5 Å². The largest absolute Gasteiger partial charge is 0.480 e. The Morgan fingerprint density at radius 1 is 1.33 bits per heavy atom. The van der Waals surface area contributed by atoms with Crippen molar-refractivity contribution in [2.24, 2.45) is 0 Å². The minimum absolute atomic E-state index is 0.190. The lowest BCUT2D eigenvalue weighted by Crippen LogP contribution is -2.40. The molecule has 1 amide bonds. The van der Waals surface area contributed by atoms with Crippen LogP contribution in [0.4, 0.5) is 5.69 Å². The first kappa shape index (κ1) is 15.4. The van der Waals surface area contributed by atoms with Crippen LogP contribution in [0.2, 0.25) is 0 Å². The molecular formula is C16H22N2O3. The molecule has 21 heavy (non-hydrogen) atoms. The number of nitrogens with zero attached hydrogens (tertiary/aromatic N) is 2. The van der Waals surface area contributed by atoms with Crippen LogP contribution in [0.1, 0.15) is 36.5 Å². The van der Waals surface area contributed by atoms with Crippen LogP contribution in [0, 0.1) is 0 Å². The summed E-state index contributed by atoms with van der Waals surface area (Å²) in [7, 11) is 2.02. The Morgan fingerprint density at radius 2 is 2.00 bits per heavy atom. The predicted octanol–water partition coefficient (Wildman–Crippen LogP) is 2.22. The highest BCUT2D eigenvalue weighted by atomic mass is 16.4. The highest BCUT2D eigenvalue weighted by Crippen LogP contribution is 2.22. The zero-order valence-corrected chi connectivity index (χ0v) is 12.6. The molecule has 0 spiro atoms. The van der Waals surface area contributed by atoms with E-state index in [1.807, 2.05) is 19.2 Å². The van der Waals surface area contributed by atoms with Crippen molar-refractivity contribution in [1.82, 2.24) is 4.90 Å². The first-order chi connectivity index (χ1) is 10.0. The fourth-order valence-electron chi connectivity index (χ4n) is 2.76. The van der Waals surface area contributed by atoms with Crippen molar-refractivity contribution in [3.63, 3.8) is 0 Å². The monoisotopic (exact) mass is 290 g/mol. The average Bonchev–Trinajstić information content (AvgIpc) is 2.96. The second-order valence-electron chi connectivity index (χ2n) is 5.46. The van der Waals surface area contributed by atoms with E-state index in [2.05, 4.69) is 11.8 Å². The van der Waals surface area contributed by atoms with Crippen LogP contribution in [-0.4, -0.2) is 48.1 Å². The van der Waals surface area contributed by atoms with E-state index in [1.165, 1.54) is 4.90 Å². The van der Waals surface area contributed by atoms with Crippen LogP contribution in [0.15, 0.2) is 24.3 Å². The van der Waals surface area contributed by atoms with E-state index >= 15 is 0 Å². The number of likely N-dealkylation sites (tertiary alicyclic amines) is 1. The number of hydrogen-bond acceptors (Lipinski definition) is 3. The molecular weight excluding hydrogens is 268 g/mol. The Labute approximate surface area is 125 Å². The van der Waals surface area contributed by atoms with E-state index in [-0.39, 0.29) is 5.91 Å². The summed E-state index contributed by atoms with van der Waals surface area (Å²) in [6, 6.07) is 6.70. The van der Waals surface area contributed by atoms with Crippen molar-refractivity contribution < 1.29 is 14.7 Å². The second-order valence-corrected chi connectivity index (χ2v) is 5.46. The molecule has 1 aromatic rings. The van der Waals surface area contributed by atoms with Gasteiger partial charge in [-0.3, -0.25) is 4.79 Å². The lowest BCUT2D eigenvalue weighted by Gasteiger charge is -2.22. The normalized spacial score (nSPS) is 17.8. The summed E-state index contributed by atoms with van der Waals surface area (Å²) in [5.41, 5.74) is 1.61. The van der Waals surface area contributed by atoms with Gasteiger partial charge in [0, 0.05) is 31.4 Å². The molecule has 114 valence electrons. The van der Waals surface area contributed by atoms with Gasteiger partial charge in [0.2, 0.25) is 0 Å². The molecule has 0 bridgehead atoms. The van der Waals surface area contributed by atoms with Gasteiger partial charge in [0.15, 0.2) is 0 Å². The molecule has 0 aliphatic carbocycles. The Bertz CT molecular complexity index is 513. The fourth-order valence-corrected chi connectivity index (χ4v) is 2.76. The SMILES string of the molecule is CCCN(C)c1ccc(C(=O)N2CCC[C@@H]2C(=O)O)cc1. The minimum Gasteiger partial charge on any atom is -0.480 e. The smallest absolute Gasteiger partial charge is 0.326 e. The van der Waals surface area contributed by atoms with E-state index in [9.17, 15) is 9.59 Å². The molecule has 0 saturated carbocycles. The molecule has 1 aliphatic heterocycles. The van der Waals surface area contributed by atoms with Crippen molar-refractivity contribution in [1.29, 1.82) is 0 Å². The molecule has 5 nitrogen and oxygen atoms in total. The van der Waals surface area contributed by atoms with Gasteiger partial charge in [-0.05, 0) is 43.5 Å². The van der Waals surface area contributed by atoms with Crippen molar-refractivity contribution >= 4 is 17.6 Å². The van der Waals surface area contributed by atoms with Gasteiger partial charge in [-0.2, -0.15) is 0 Å². The lowest BCUT2D eigenvalue weighted by atomic mass is 10.1. The van der Waals surface area contributed by atoms with E-state index in [4.69, 9.17) is 5.11 Å². The summed E-state index contributed by atoms with van der Waals surface area (Å²) >= 11 is 0. The fraction of sp³-hybridized carbons (Fsp3) is 0.500. The summed E-state index contributed by atoms with van der Waals surface area (Å²) in [6.45, 7) is 3.60. The maximum absolute atomic E-state index is 12.4. The Hall–Kier alpha value is -2.04. The van der Waals surface area contributed by atoms with Gasteiger partial charge in [-0.25, -0.2) is 4.79 Å². The van der Waals surface area contributed by atoms with Gasteiger partial charge in [0.25, 0.3) is 5.91 Å². The first-order valence-corrected chi connectivity index (χ1v) is 7.39. The number of amides is 1. The Morgan fingerprint density at radius 3 is 2.57 bits per heavy atom. The van der Waals surface area contributed by atoms with Crippen molar-refractivity contribution in [3.05, 3.63) is 29.8 Å². The number of carboxylic acid groups (broad SMARTS) is 1. The number of aliphatic carboxylic acids is 1. The highest BCUT2D eigenvalue weighted by molar-refractivity contribution is 5.97. The van der Waals surface area contributed by atoms with Gasteiger partial charge >= 0.3 is 5.97 Å². The van der Waals surface area contributed by atoms with Crippen LogP contribution in [0.25, 0.3) is 0 Å². The van der Waals surface area contributed by atoms with Crippen LogP contribution in [0.3, 0.4) is 0 Å². The number of carboxylic acids is 1. The molecule has 1 aromatic carbocycles. The molecule has 0 radical (unpaired) electrons. The number of anilines is 1. The summed E-state index contributed by atoms with van der Waals surface area (Å²) in [5, 5.41) is 9.15. The van der Waals surface area contributed by atoms with Gasteiger partial charge < -0.3 is 14.9 Å². The van der Waals surface area contributed by atoms with Crippen LogP contribution < -0.4 is 4.90 Å². The minimum atomic E-state index is -0.917. The summed E-state index contributed by atoms with van der Waals surface area (Å²) in [5.74, 6) is -1.11. The predicted molar refractivity (Wildman–Crippen MR) is 81.7 cm³/mol. The van der Waals surface area contributed by atoms with Crippen LogP contribution >= 0.6 is 0 Å². The van der Waals surface area contributed by atoms with Gasteiger partial charge in [-0.15, -0.1) is 0 Å². The highest BCUT2D eigenvalue weighted by Gasteiger charge is 2.34. The Kier molecular flexibility index (Phi) is 4.83. The topological polar surface area (TPSA) is 60.9 Å². The van der Waals surface area contributed by atoms with Crippen molar-refractivity contribution in [2.45, 2.75) is 32.2 Å². The van der Waals surface area contributed by atoms with Gasteiger partial charge in [0.05, 0.1) is 0 Å². The lowest BCUT2D eigenvalue weighted by molar-refractivity contribution is -0.141. The molecule has 0 unspecified atom stereocenters. The van der Waals surface area contributed by atoms with Crippen molar-refractivity contribution in [2.75, 3.05) is 25.0 Å². The number of benzene rings is 1. The number of rotatable bonds is 5. The standard InChI is InChI=1S/C16H22N2O3/c1-3-10-17(2)13-8-6-12(7-9-13)15(19)18-11-4-5-14(18)16(20)21/h6-9,14H,3-5,10-11H2,1-2H3,(H,20,21)/t14-/m1/s1. The second kappa shape index (κ2) is 6.61. The van der Waals surface area contributed by atoms with E-state index in [0.717, 1.165) is 25.1 Å². The van der Waals surface area contributed by atoms with Gasteiger partial charge in [-0.1, -0.05) is 6.92 Å². The molecule has 1 aliphatic rings. The van der Waals surface area contributed by atoms with Crippen LogP contribution in [0.5, 0.6) is 0 Å². The molecule has 1 atom stereocenters. The molecule has 1 fully saturated rings. The summed E-state index contributed by atoms with van der Waals surface area (Å²) in [6.07, 6.45) is 2.35. The number of carbonyl (C=O) groups is 2. The van der Waals surface area contributed by atoms with Gasteiger partial charge in [0.1, 0.15) is 6.04 Å². The molecule has 0 aromatic heterocycles. The summed E-state index contributed by atoms with van der Waals surface area (Å²) in [4.78, 5) is 27.2. The maximum atomic E-state index is 12.4. The van der Waals surface area contributed by atoms with E-state index in [1.54, 1.807) is 12.1 Å².